The van der Waals surface area contributed by atoms with Crippen LogP contribution in [0.3, 0.4) is 0 Å². The Hall–Kier alpha value is -3.60. The Morgan fingerprint density at radius 1 is 1.29 bits per heavy atom. The number of urea groups is 1. The van der Waals surface area contributed by atoms with Gasteiger partial charge in [0.25, 0.3) is 0 Å². The van der Waals surface area contributed by atoms with Crippen molar-refractivity contribution in [1.29, 1.82) is 0 Å². The highest BCUT2D eigenvalue weighted by atomic mass is 16.2. The van der Waals surface area contributed by atoms with Gasteiger partial charge in [-0.25, -0.2) is 9.78 Å². The quantitative estimate of drug-likeness (QED) is 0.848. The Bertz CT molecular complexity index is 891. The number of aromatic amines is 1. The second kappa shape index (κ2) is 5.55. The number of fused-ring (bicyclic) bond motifs is 1. The van der Waals surface area contributed by atoms with Gasteiger partial charge in [-0.1, -0.05) is 41.5 Å². The van der Waals surface area contributed by atoms with E-state index in [0.717, 1.165) is 16.3 Å². The van der Waals surface area contributed by atoms with E-state index in [2.05, 4.69) is 31.5 Å². The predicted octanol–water partition coefficient (Wildman–Crippen LogP) is 2.00. The van der Waals surface area contributed by atoms with Gasteiger partial charge in [0, 0.05) is 11.8 Å². The van der Waals surface area contributed by atoms with E-state index in [4.69, 9.17) is 6.42 Å². The molecule has 0 fully saturated rings. The molecule has 3 heterocycles. The summed E-state index contributed by atoms with van der Waals surface area (Å²) in [4.78, 5) is 21.5. The summed E-state index contributed by atoms with van der Waals surface area (Å²) in [6, 6.07) is 9.51. The molecule has 1 aromatic carbocycles. The second-order valence-corrected chi connectivity index (χ2v) is 5.20. The van der Waals surface area contributed by atoms with Crippen molar-refractivity contribution < 1.29 is 4.79 Å². The largest absolute Gasteiger partial charge is 0.361 e. The highest BCUT2D eigenvalue weighted by Crippen LogP contribution is 2.29. The van der Waals surface area contributed by atoms with Gasteiger partial charge in [0.2, 0.25) is 0 Å². The first-order valence-corrected chi connectivity index (χ1v) is 7.31. The lowest BCUT2D eigenvalue weighted by Gasteiger charge is -2.24. The zero-order valence-electron chi connectivity index (χ0n) is 12.6. The van der Waals surface area contributed by atoms with Crippen molar-refractivity contribution in [2.75, 3.05) is 13.2 Å². The topological polar surface area (TPSA) is 89.0 Å². The third-order valence-corrected chi connectivity index (χ3v) is 3.72. The van der Waals surface area contributed by atoms with Gasteiger partial charge in [0.05, 0.1) is 12.4 Å². The van der Waals surface area contributed by atoms with Crippen molar-refractivity contribution in [3.8, 4) is 23.6 Å². The predicted molar refractivity (Wildman–Crippen MR) is 86.6 cm³/mol. The highest BCUT2D eigenvalue weighted by molar-refractivity contribution is 5.82. The van der Waals surface area contributed by atoms with E-state index in [-0.39, 0.29) is 12.6 Å². The summed E-state index contributed by atoms with van der Waals surface area (Å²) in [5.74, 6) is 3.41. The average Bonchev–Trinajstić information content (AvgIpc) is 3.25. The molecule has 0 spiro atoms. The molecule has 0 atom stereocenters. The number of nitrogens with one attached hydrogen (secondary N) is 2. The fourth-order valence-electron chi connectivity index (χ4n) is 2.57. The van der Waals surface area contributed by atoms with E-state index in [1.807, 2.05) is 36.5 Å². The molecule has 118 valence electrons. The molecule has 8 heteroatoms. The first-order valence-electron chi connectivity index (χ1n) is 7.31. The number of amides is 2. The van der Waals surface area contributed by atoms with E-state index in [1.165, 1.54) is 4.90 Å². The molecule has 0 saturated heterocycles. The highest BCUT2D eigenvalue weighted by Gasteiger charge is 2.35. The van der Waals surface area contributed by atoms with Crippen molar-refractivity contribution in [2.45, 2.75) is 0 Å². The molecular weight excluding hydrogens is 306 g/mol. The maximum atomic E-state index is 12.3. The van der Waals surface area contributed by atoms with Crippen LogP contribution in [0.2, 0.25) is 0 Å². The normalized spacial score (nSPS) is 16.2. The van der Waals surface area contributed by atoms with Crippen LogP contribution in [0.15, 0.2) is 52.7 Å². The fraction of sp³-hybridized carbons (Fsp3) is 0.125. The summed E-state index contributed by atoms with van der Waals surface area (Å²) in [6.45, 7) is 0.380. The number of aromatic nitrogens is 2. The molecule has 2 aliphatic rings. The first-order chi connectivity index (χ1) is 11.8. The van der Waals surface area contributed by atoms with E-state index < -0.39 is 0 Å². The number of benzene rings is 1. The zero-order valence-corrected chi connectivity index (χ0v) is 12.6. The Morgan fingerprint density at radius 2 is 2.12 bits per heavy atom. The van der Waals surface area contributed by atoms with Crippen LogP contribution in [-0.2, 0) is 0 Å². The third kappa shape index (κ3) is 2.19. The van der Waals surface area contributed by atoms with Crippen LogP contribution in [-0.4, -0.2) is 39.1 Å². The summed E-state index contributed by atoms with van der Waals surface area (Å²) in [6.07, 6.45) is 7.04. The third-order valence-electron chi connectivity index (χ3n) is 3.72. The van der Waals surface area contributed by atoms with Crippen LogP contribution in [0.4, 0.5) is 4.79 Å². The maximum absolute atomic E-state index is 12.3. The number of carbonyl (C=O) groups is 1. The van der Waals surface area contributed by atoms with Crippen molar-refractivity contribution in [2.24, 2.45) is 10.3 Å². The van der Waals surface area contributed by atoms with Crippen molar-refractivity contribution in [3.63, 3.8) is 0 Å². The summed E-state index contributed by atoms with van der Waals surface area (Å²) in [7, 11) is 0. The van der Waals surface area contributed by atoms with Gasteiger partial charge in [-0.2, -0.15) is 5.01 Å². The van der Waals surface area contributed by atoms with Crippen LogP contribution in [0.25, 0.3) is 17.0 Å². The second-order valence-electron chi connectivity index (χ2n) is 5.20. The van der Waals surface area contributed by atoms with Crippen LogP contribution in [0.1, 0.15) is 5.82 Å². The lowest BCUT2D eigenvalue weighted by Crippen LogP contribution is -2.42. The van der Waals surface area contributed by atoms with E-state index in [1.54, 1.807) is 0 Å². The van der Waals surface area contributed by atoms with Gasteiger partial charge < -0.3 is 10.3 Å². The lowest BCUT2D eigenvalue weighted by atomic mass is 10.2. The number of rotatable bonds is 3. The van der Waals surface area contributed by atoms with Crippen LogP contribution >= 0.6 is 0 Å². The average molecular weight is 319 g/mol. The number of imidazole rings is 1. The number of terminal acetylenes is 1. The smallest absolute Gasteiger partial charge is 0.349 e. The molecular formula is C16H13N7O. The van der Waals surface area contributed by atoms with Crippen LogP contribution in [0, 0.1) is 12.3 Å². The number of hydrogen-bond donors (Lipinski definition) is 2. The Balaban J connectivity index is 1.68. The fourth-order valence-corrected chi connectivity index (χ4v) is 2.57. The Kier molecular flexibility index (Phi) is 3.24. The molecule has 0 saturated carbocycles. The maximum Gasteiger partial charge on any atom is 0.349 e. The molecule has 1 aromatic heterocycles. The van der Waals surface area contributed by atoms with Gasteiger partial charge in [0.1, 0.15) is 12.2 Å². The number of hydrogen-bond acceptors (Lipinski definition) is 5. The minimum atomic E-state index is -0.310. The van der Waals surface area contributed by atoms with Crippen molar-refractivity contribution in [1.82, 2.24) is 25.2 Å². The lowest BCUT2D eigenvalue weighted by molar-refractivity contribution is 0.160. The standard InChI is InChI=1S/C16H13N7O/c1-2-8-23-16(24)22-10-18-13(15(22)20-21-23)14-17-9-12(19-14)11-6-4-3-5-7-11/h1,3-7,9,18H,8,10H2,(H,17,19). The summed E-state index contributed by atoms with van der Waals surface area (Å²) >= 11 is 0. The van der Waals surface area contributed by atoms with Crippen molar-refractivity contribution >= 4 is 11.7 Å². The molecule has 2 aliphatic heterocycles. The van der Waals surface area contributed by atoms with Gasteiger partial charge in [0.15, 0.2) is 11.6 Å². The molecule has 8 nitrogen and oxygen atoms in total. The summed E-state index contributed by atoms with van der Waals surface area (Å²) < 4.78 is 0. The van der Waals surface area contributed by atoms with E-state index in [0.29, 0.717) is 24.0 Å². The van der Waals surface area contributed by atoms with Crippen LogP contribution in [0.5, 0.6) is 0 Å². The molecule has 2 amide bonds. The Morgan fingerprint density at radius 3 is 2.92 bits per heavy atom. The molecule has 0 radical (unpaired) electrons. The molecule has 0 unspecified atom stereocenters. The van der Waals surface area contributed by atoms with E-state index >= 15 is 0 Å². The molecule has 0 bridgehead atoms. The number of H-pyrrole nitrogens is 1. The van der Waals surface area contributed by atoms with E-state index in [9.17, 15) is 4.79 Å². The molecule has 4 rings (SSSR count). The monoisotopic (exact) mass is 319 g/mol. The first kappa shape index (κ1) is 14.0. The minimum Gasteiger partial charge on any atom is -0.361 e. The van der Waals surface area contributed by atoms with Gasteiger partial charge in [-0.3, -0.25) is 4.90 Å². The molecule has 24 heavy (non-hydrogen) atoms. The summed E-state index contributed by atoms with van der Waals surface area (Å²) in [5, 5.41) is 12.2. The Labute approximate surface area is 137 Å². The van der Waals surface area contributed by atoms with Gasteiger partial charge in [-0.15, -0.1) is 11.5 Å². The molecule has 0 aliphatic carbocycles. The molecule has 2 aromatic rings. The zero-order chi connectivity index (χ0) is 16.5. The van der Waals surface area contributed by atoms with Gasteiger partial charge in [-0.05, 0) is 0 Å². The molecule has 2 N–H and O–H groups in total. The minimum absolute atomic E-state index is 0.0837. The number of nitrogens with zero attached hydrogens (tertiary/aromatic N) is 5. The number of carbonyl (C=O) groups excluding carboxylic acids is 1. The van der Waals surface area contributed by atoms with Crippen molar-refractivity contribution in [3.05, 3.63) is 48.2 Å². The SMILES string of the molecule is C#CCN1N=NC2=C(c3nc(-c4ccccc4)c[nH]3)NCN2C1=O. The van der Waals surface area contributed by atoms with Crippen LogP contribution < -0.4 is 5.32 Å². The van der Waals surface area contributed by atoms with Gasteiger partial charge >= 0.3 is 6.03 Å². The summed E-state index contributed by atoms with van der Waals surface area (Å²) in [5.41, 5.74) is 2.45.